The van der Waals surface area contributed by atoms with E-state index in [0.717, 1.165) is 12.1 Å². The number of methoxy groups -OCH3 is 1. The average Bonchev–Trinajstić information content (AvgIpc) is 3.22. The molecule has 4 atom stereocenters. The molecule has 1 aromatic rings. The van der Waals surface area contributed by atoms with Gasteiger partial charge in [-0.15, -0.1) is 0 Å². The van der Waals surface area contributed by atoms with E-state index in [1.807, 2.05) is 0 Å². The van der Waals surface area contributed by atoms with E-state index >= 15 is 0 Å². The number of ether oxygens (including phenoxy) is 4. The Kier molecular flexibility index (Phi) is 6.06. The predicted molar refractivity (Wildman–Crippen MR) is 88.6 cm³/mol. The number of halogens is 3. The molecule has 0 spiro atoms. The molecule has 28 heavy (non-hydrogen) atoms. The van der Waals surface area contributed by atoms with Crippen molar-refractivity contribution in [3.05, 3.63) is 29.8 Å². The Hall–Kier alpha value is -2.37. The molecule has 3 rings (SSSR count). The van der Waals surface area contributed by atoms with Gasteiger partial charge in [0.05, 0.1) is 31.9 Å². The summed E-state index contributed by atoms with van der Waals surface area (Å²) in [5, 5.41) is 4.99. The van der Waals surface area contributed by atoms with Gasteiger partial charge in [0.2, 0.25) is 0 Å². The number of esters is 1. The highest BCUT2D eigenvalue weighted by Crippen LogP contribution is 2.31. The minimum atomic E-state index is -4.50. The number of alkyl halides is 3. The summed E-state index contributed by atoms with van der Waals surface area (Å²) in [5.41, 5.74) is -0.853. The fourth-order valence-electron chi connectivity index (χ4n) is 3.07. The summed E-state index contributed by atoms with van der Waals surface area (Å²) in [7, 11) is 1.24. The normalized spacial score (nSPS) is 26.6. The van der Waals surface area contributed by atoms with Crippen LogP contribution < -0.4 is 10.6 Å². The topological polar surface area (TPSA) is 95.1 Å². The lowest BCUT2D eigenvalue weighted by Gasteiger charge is -2.18. The van der Waals surface area contributed by atoms with E-state index in [4.69, 9.17) is 14.2 Å². The van der Waals surface area contributed by atoms with Crippen LogP contribution in [0.25, 0.3) is 0 Å². The van der Waals surface area contributed by atoms with Crippen LogP contribution in [-0.2, 0) is 29.9 Å². The van der Waals surface area contributed by atoms with E-state index < -0.39 is 48.1 Å². The molecule has 2 heterocycles. The maximum Gasteiger partial charge on any atom is 0.416 e. The van der Waals surface area contributed by atoms with Crippen molar-refractivity contribution in [1.29, 1.82) is 0 Å². The maximum atomic E-state index is 12.7. The number of amides is 2. The van der Waals surface area contributed by atoms with Crippen molar-refractivity contribution in [3.63, 3.8) is 0 Å². The molecule has 2 aliphatic rings. The van der Waals surface area contributed by atoms with Crippen LogP contribution in [0.15, 0.2) is 24.3 Å². The summed E-state index contributed by atoms with van der Waals surface area (Å²) >= 11 is 0. The van der Waals surface area contributed by atoms with Gasteiger partial charge < -0.3 is 29.6 Å². The van der Waals surface area contributed by atoms with E-state index in [-0.39, 0.29) is 25.5 Å². The third-order valence-electron chi connectivity index (χ3n) is 4.42. The summed E-state index contributed by atoms with van der Waals surface area (Å²) < 4.78 is 59.3. The molecule has 2 saturated heterocycles. The van der Waals surface area contributed by atoms with E-state index in [1.165, 1.54) is 19.2 Å². The second-order valence-electron chi connectivity index (χ2n) is 6.31. The summed E-state index contributed by atoms with van der Waals surface area (Å²) in [6.07, 6.45) is -5.95. The third-order valence-corrected chi connectivity index (χ3v) is 4.42. The van der Waals surface area contributed by atoms with Gasteiger partial charge in [0.15, 0.2) is 0 Å². The lowest BCUT2D eigenvalue weighted by Crippen LogP contribution is -2.46. The highest BCUT2D eigenvalue weighted by Gasteiger charge is 2.49. The van der Waals surface area contributed by atoms with Gasteiger partial charge in [0.1, 0.15) is 24.9 Å². The van der Waals surface area contributed by atoms with Gasteiger partial charge in [-0.05, 0) is 18.2 Å². The van der Waals surface area contributed by atoms with Gasteiger partial charge in [-0.3, -0.25) is 0 Å². The number of benzene rings is 1. The molecule has 2 amide bonds. The van der Waals surface area contributed by atoms with E-state index in [1.54, 1.807) is 0 Å². The van der Waals surface area contributed by atoms with Crippen molar-refractivity contribution in [2.75, 3.05) is 32.2 Å². The largest absolute Gasteiger partial charge is 0.467 e. The fourth-order valence-corrected chi connectivity index (χ4v) is 3.07. The first-order chi connectivity index (χ1) is 13.3. The van der Waals surface area contributed by atoms with Crippen LogP contribution in [0.1, 0.15) is 5.56 Å². The number of anilines is 1. The molecular weight excluding hydrogens is 385 g/mol. The lowest BCUT2D eigenvalue weighted by atomic mass is 10.1. The number of carbonyl (C=O) groups excluding carboxylic acids is 2. The van der Waals surface area contributed by atoms with Crippen LogP contribution in [0.2, 0.25) is 0 Å². The number of urea groups is 1. The molecular formula is C17H19F3N2O6. The Morgan fingerprint density at radius 1 is 1.21 bits per heavy atom. The number of fused-ring (bicyclic) bond motifs is 1. The molecule has 0 bridgehead atoms. The van der Waals surface area contributed by atoms with Crippen molar-refractivity contribution < 1.29 is 41.7 Å². The molecule has 1 aromatic carbocycles. The molecule has 11 heteroatoms. The summed E-state index contributed by atoms with van der Waals surface area (Å²) in [6, 6.07) is 3.12. The number of hydrogen-bond donors (Lipinski definition) is 2. The van der Waals surface area contributed by atoms with Crippen molar-refractivity contribution in [1.82, 2.24) is 5.32 Å². The molecule has 0 saturated carbocycles. The number of rotatable bonds is 5. The second kappa shape index (κ2) is 8.33. The van der Waals surface area contributed by atoms with Crippen molar-refractivity contribution >= 4 is 17.7 Å². The van der Waals surface area contributed by atoms with Gasteiger partial charge in [-0.25, -0.2) is 9.59 Å². The zero-order valence-corrected chi connectivity index (χ0v) is 14.8. The van der Waals surface area contributed by atoms with Gasteiger partial charge >= 0.3 is 18.2 Å². The molecule has 0 radical (unpaired) electrons. The second-order valence-corrected chi connectivity index (χ2v) is 6.31. The van der Waals surface area contributed by atoms with Crippen LogP contribution in [0.5, 0.6) is 0 Å². The Labute approximate surface area is 158 Å². The SMILES string of the molecule is COC(=O)CO[C@@H]1CO[C@H]2[C@@H]1OC[C@H]2NC(=O)Nc1cccc(C(F)(F)F)c1. The van der Waals surface area contributed by atoms with Gasteiger partial charge in [0, 0.05) is 5.69 Å². The van der Waals surface area contributed by atoms with Crippen molar-refractivity contribution in [3.8, 4) is 0 Å². The third kappa shape index (κ3) is 4.72. The number of hydrogen-bond acceptors (Lipinski definition) is 6. The van der Waals surface area contributed by atoms with E-state index in [0.29, 0.717) is 0 Å². The monoisotopic (exact) mass is 404 g/mol. The van der Waals surface area contributed by atoms with Crippen molar-refractivity contribution in [2.24, 2.45) is 0 Å². The van der Waals surface area contributed by atoms with Crippen LogP contribution >= 0.6 is 0 Å². The van der Waals surface area contributed by atoms with E-state index in [2.05, 4.69) is 15.4 Å². The smallest absolute Gasteiger partial charge is 0.416 e. The van der Waals surface area contributed by atoms with Crippen LogP contribution in [0.3, 0.4) is 0 Å². The molecule has 0 unspecified atom stereocenters. The maximum absolute atomic E-state index is 12.7. The lowest BCUT2D eigenvalue weighted by molar-refractivity contribution is -0.150. The number of carbonyl (C=O) groups is 2. The molecule has 8 nitrogen and oxygen atoms in total. The average molecular weight is 404 g/mol. The summed E-state index contributed by atoms with van der Waals surface area (Å²) in [6.45, 7) is 0.0778. The fraction of sp³-hybridized carbons (Fsp3) is 0.529. The first-order valence-corrected chi connectivity index (χ1v) is 8.44. The Bertz CT molecular complexity index is 729. The quantitative estimate of drug-likeness (QED) is 0.724. The van der Waals surface area contributed by atoms with Crippen molar-refractivity contribution in [2.45, 2.75) is 30.5 Å². The standard InChI is InChI=1S/C17H19F3N2O6/c1-25-13(23)8-26-12-7-28-14-11(6-27-15(12)14)22-16(24)21-10-4-2-3-9(5-10)17(18,19)20/h2-5,11-12,14-15H,6-8H2,1H3,(H2,21,22,24)/t11-,12-,14-,15-/m1/s1. The molecule has 2 N–H and O–H groups in total. The zero-order chi connectivity index (χ0) is 20.3. The Morgan fingerprint density at radius 2 is 1.96 bits per heavy atom. The Morgan fingerprint density at radius 3 is 2.68 bits per heavy atom. The van der Waals surface area contributed by atoms with Crippen LogP contribution in [0.4, 0.5) is 23.7 Å². The highest BCUT2D eigenvalue weighted by atomic mass is 19.4. The first kappa shape index (κ1) is 20.4. The number of nitrogens with one attached hydrogen (secondary N) is 2. The zero-order valence-electron chi connectivity index (χ0n) is 14.8. The molecule has 0 aromatic heterocycles. The molecule has 0 aliphatic carbocycles. The first-order valence-electron chi connectivity index (χ1n) is 8.44. The highest BCUT2D eigenvalue weighted by molar-refractivity contribution is 5.89. The summed E-state index contributed by atoms with van der Waals surface area (Å²) in [5.74, 6) is -0.531. The minimum absolute atomic E-state index is 0.00872. The van der Waals surface area contributed by atoms with Gasteiger partial charge in [0.25, 0.3) is 0 Å². The van der Waals surface area contributed by atoms with Crippen LogP contribution in [-0.4, -0.2) is 63.3 Å². The molecule has 154 valence electrons. The summed E-state index contributed by atoms with van der Waals surface area (Å²) in [4.78, 5) is 23.3. The van der Waals surface area contributed by atoms with E-state index in [9.17, 15) is 22.8 Å². The van der Waals surface area contributed by atoms with Gasteiger partial charge in [-0.2, -0.15) is 13.2 Å². The Balaban J connectivity index is 1.53. The molecule has 2 aliphatic heterocycles. The van der Waals surface area contributed by atoms with Crippen LogP contribution in [0, 0.1) is 0 Å². The minimum Gasteiger partial charge on any atom is -0.467 e. The van der Waals surface area contributed by atoms with Gasteiger partial charge in [-0.1, -0.05) is 6.07 Å². The predicted octanol–water partition coefficient (Wildman–Crippen LogP) is 1.55. The molecule has 2 fully saturated rings.